The fraction of sp³-hybridized carbons (Fsp3) is 0.632. The molecule has 1 aromatic carbocycles. The van der Waals surface area contributed by atoms with Crippen molar-refractivity contribution >= 4 is 18.3 Å². The Labute approximate surface area is 146 Å². The maximum absolute atomic E-state index is 12.5. The van der Waals surface area contributed by atoms with Crippen LogP contribution in [-0.4, -0.2) is 19.0 Å². The fourth-order valence-electron chi connectivity index (χ4n) is 3.62. The fourth-order valence-corrected chi connectivity index (χ4v) is 3.62. The second kappa shape index (κ2) is 8.70. The highest BCUT2D eigenvalue weighted by atomic mass is 35.5. The average molecular weight is 337 g/mol. The summed E-state index contributed by atoms with van der Waals surface area (Å²) in [7, 11) is 0. The van der Waals surface area contributed by atoms with Crippen LogP contribution in [0.25, 0.3) is 0 Å². The molecule has 2 N–H and O–H groups in total. The number of rotatable bonds is 6. The van der Waals surface area contributed by atoms with Crippen LogP contribution >= 0.6 is 12.4 Å². The molecule has 2 aliphatic rings. The normalized spacial score (nSPS) is 23.4. The number of benzene rings is 1. The zero-order chi connectivity index (χ0) is 15.4. The van der Waals surface area contributed by atoms with E-state index in [0.717, 1.165) is 13.1 Å². The number of carbonyl (C=O) groups is 1. The van der Waals surface area contributed by atoms with E-state index in [1.165, 1.54) is 31.2 Å². The third-order valence-corrected chi connectivity index (χ3v) is 5.22. The molecule has 0 bridgehead atoms. The van der Waals surface area contributed by atoms with Crippen LogP contribution in [0.1, 0.15) is 50.6 Å². The van der Waals surface area contributed by atoms with Crippen LogP contribution < -0.4 is 10.6 Å². The minimum absolute atomic E-state index is 0. The van der Waals surface area contributed by atoms with Crippen molar-refractivity contribution < 1.29 is 4.79 Å². The van der Waals surface area contributed by atoms with Crippen LogP contribution in [0.3, 0.4) is 0 Å². The Morgan fingerprint density at radius 2 is 1.96 bits per heavy atom. The number of amides is 1. The van der Waals surface area contributed by atoms with Crippen LogP contribution in [-0.2, 0) is 4.79 Å². The van der Waals surface area contributed by atoms with Crippen LogP contribution in [0, 0.1) is 17.8 Å². The van der Waals surface area contributed by atoms with Crippen LogP contribution in [0.15, 0.2) is 30.3 Å². The standard InChI is InChI=1S/C19H28N2O.ClH/c1-14(17-8-5-11-20-13-17)12-18(22)21-19(16-9-10-16)15-6-3-2-4-7-15;/h2-4,6-7,14,16-17,19-20H,5,8-13H2,1H3,(H,21,22);1H. The Morgan fingerprint density at radius 1 is 1.22 bits per heavy atom. The predicted molar refractivity (Wildman–Crippen MR) is 96.7 cm³/mol. The third kappa shape index (κ3) is 5.22. The molecular formula is C19H29ClN2O. The zero-order valence-electron chi connectivity index (χ0n) is 14.0. The van der Waals surface area contributed by atoms with E-state index in [1.54, 1.807) is 0 Å². The SMILES string of the molecule is CC(CC(=O)NC(c1ccccc1)C1CC1)C1CCCNC1.Cl. The minimum atomic E-state index is 0. The molecule has 23 heavy (non-hydrogen) atoms. The van der Waals surface area contributed by atoms with E-state index in [0.29, 0.717) is 24.2 Å². The average Bonchev–Trinajstić information content (AvgIpc) is 3.39. The first-order chi connectivity index (χ1) is 10.7. The molecule has 3 nitrogen and oxygen atoms in total. The highest BCUT2D eigenvalue weighted by Gasteiger charge is 2.33. The molecule has 1 saturated carbocycles. The molecule has 3 rings (SSSR count). The summed E-state index contributed by atoms with van der Waals surface area (Å²) in [5, 5.41) is 6.76. The Kier molecular flexibility index (Phi) is 6.91. The summed E-state index contributed by atoms with van der Waals surface area (Å²) in [6.07, 6.45) is 5.63. The van der Waals surface area contributed by atoms with Crippen molar-refractivity contribution in [1.29, 1.82) is 0 Å². The van der Waals surface area contributed by atoms with Crippen LogP contribution in [0.5, 0.6) is 0 Å². The number of hydrogen-bond donors (Lipinski definition) is 2. The molecule has 1 aromatic rings. The number of piperidine rings is 1. The van der Waals surface area contributed by atoms with Gasteiger partial charge in [-0.05, 0) is 62.1 Å². The van der Waals surface area contributed by atoms with Gasteiger partial charge in [0.2, 0.25) is 5.91 Å². The van der Waals surface area contributed by atoms with E-state index in [1.807, 2.05) is 6.07 Å². The molecule has 4 heteroatoms. The Balaban J connectivity index is 0.00000192. The summed E-state index contributed by atoms with van der Waals surface area (Å²) in [6.45, 7) is 4.43. The predicted octanol–water partition coefficient (Wildman–Crippen LogP) is 3.70. The molecule has 0 aromatic heterocycles. The smallest absolute Gasteiger partial charge is 0.220 e. The van der Waals surface area contributed by atoms with Gasteiger partial charge in [0.25, 0.3) is 0 Å². The topological polar surface area (TPSA) is 41.1 Å². The summed E-state index contributed by atoms with van der Waals surface area (Å²) < 4.78 is 0. The van der Waals surface area contributed by atoms with Gasteiger partial charge in [-0.3, -0.25) is 4.79 Å². The van der Waals surface area contributed by atoms with Gasteiger partial charge >= 0.3 is 0 Å². The number of carbonyl (C=O) groups excluding carboxylic acids is 1. The van der Waals surface area contributed by atoms with E-state index in [9.17, 15) is 4.79 Å². The summed E-state index contributed by atoms with van der Waals surface area (Å²) >= 11 is 0. The molecule has 1 heterocycles. The molecule has 0 spiro atoms. The van der Waals surface area contributed by atoms with Crippen LogP contribution in [0.4, 0.5) is 0 Å². The lowest BCUT2D eigenvalue weighted by Gasteiger charge is -2.28. The maximum Gasteiger partial charge on any atom is 0.220 e. The monoisotopic (exact) mass is 336 g/mol. The van der Waals surface area contributed by atoms with Gasteiger partial charge in [0.1, 0.15) is 0 Å². The first-order valence-electron chi connectivity index (χ1n) is 8.79. The first-order valence-corrected chi connectivity index (χ1v) is 8.79. The van der Waals surface area contributed by atoms with Gasteiger partial charge in [-0.2, -0.15) is 0 Å². The van der Waals surface area contributed by atoms with Crippen molar-refractivity contribution in [2.75, 3.05) is 13.1 Å². The minimum Gasteiger partial charge on any atom is -0.349 e. The van der Waals surface area contributed by atoms with Gasteiger partial charge in [-0.1, -0.05) is 37.3 Å². The van der Waals surface area contributed by atoms with E-state index in [4.69, 9.17) is 0 Å². The molecule has 1 amide bonds. The van der Waals surface area contributed by atoms with E-state index in [-0.39, 0.29) is 24.4 Å². The van der Waals surface area contributed by atoms with Crippen LogP contribution in [0.2, 0.25) is 0 Å². The molecule has 1 aliphatic heterocycles. The van der Waals surface area contributed by atoms with Crippen molar-refractivity contribution in [3.8, 4) is 0 Å². The molecule has 1 aliphatic carbocycles. The zero-order valence-corrected chi connectivity index (χ0v) is 14.8. The largest absolute Gasteiger partial charge is 0.349 e. The Hall–Kier alpha value is -1.06. The number of hydrogen-bond acceptors (Lipinski definition) is 2. The van der Waals surface area contributed by atoms with Crippen molar-refractivity contribution in [2.24, 2.45) is 17.8 Å². The summed E-state index contributed by atoms with van der Waals surface area (Å²) in [6, 6.07) is 10.6. The second-order valence-electron chi connectivity index (χ2n) is 7.08. The summed E-state index contributed by atoms with van der Waals surface area (Å²) in [4.78, 5) is 12.5. The Morgan fingerprint density at radius 3 is 2.57 bits per heavy atom. The van der Waals surface area contributed by atoms with E-state index >= 15 is 0 Å². The lowest BCUT2D eigenvalue weighted by Crippen LogP contribution is -2.36. The van der Waals surface area contributed by atoms with E-state index in [2.05, 4.69) is 41.8 Å². The van der Waals surface area contributed by atoms with Gasteiger partial charge in [0, 0.05) is 6.42 Å². The number of halogens is 1. The highest BCUT2D eigenvalue weighted by molar-refractivity contribution is 5.85. The molecular weight excluding hydrogens is 308 g/mol. The quantitative estimate of drug-likeness (QED) is 0.831. The van der Waals surface area contributed by atoms with Gasteiger partial charge in [-0.25, -0.2) is 0 Å². The van der Waals surface area contributed by atoms with Crippen molar-refractivity contribution in [1.82, 2.24) is 10.6 Å². The first kappa shape index (κ1) is 18.3. The summed E-state index contributed by atoms with van der Waals surface area (Å²) in [5.41, 5.74) is 1.25. The molecule has 2 fully saturated rings. The molecule has 128 valence electrons. The molecule has 3 unspecified atom stereocenters. The van der Waals surface area contributed by atoms with Gasteiger partial charge in [-0.15, -0.1) is 12.4 Å². The lowest BCUT2D eigenvalue weighted by molar-refractivity contribution is -0.123. The third-order valence-electron chi connectivity index (χ3n) is 5.22. The molecule has 3 atom stereocenters. The molecule has 0 radical (unpaired) electrons. The van der Waals surface area contributed by atoms with Crippen molar-refractivity contribution in [3.05, 3.63) is 35.9 Å². The van der Waals surface area contributed by atoms with E-state index < -0.39 is 0 Å². The molecule has 1 saturated heterocycles. The van der Waals surface area contributed by atoms with Crippen molar-refractivity contribution in [2.45, 2.75) is 45.1 Å². The van der Waals surface area contributed by atoms with Crippen molar-refractivity contribution in [3.63, 3.8) is 0 Å². The second-order valence-corrected chi connectivity index (χ2v) is 7.08. The van der Waals surface area contributed by atoms with Gasteiger partial charge in [0.15, 0.2) is 0 Å². The maximum atomic E-state index is 12.5. The van der Waals surface area contributed by atoms with Gasteiger partial charge < -0.3 is 10.6 Å². The van der Waals surface area contributed by atoms with Gasteiger partial charge in [0.05, 0.1) is 6.04 Å². The Bertz CT molecular complexity index is 483. The number of nitrogens with one attached hydrogen (secondary N) is 2. The lowest BCUT2D eigenvalue weighted by atomic mass is 9.85. The summed E-state index contributed by atoms with van der Waals surface area (Å²) in [5.74, 6) is 1.97. The highest BCUT2D eigenvalue weighted by Crippen LogP contribution is 2.41.